The molecule has 2 aliphatic rings. The molecule has 122 valence electrons. The van der Waals surface area contributed by atoms with Gasteiger partial charge < -0.3 is 9.47 Å². The first-order chi connectivity index (χ1) is 10.3. The molecule has 0 aliphatic heterocycles. The highest BCUT2D eigenvalue weighted by Crippen LogP contribution is 2.55. The molecule has 0 radical (unpaired) electrons. The summed E-state index contributed by atoms with van der Waals surface area (Å²) in [5.41, 5.74) is -1.63. The Morgan fingerprint density at radius 3 is 2.36 bits per heavy atom. The van der Waals surface area contributed by atoms with Gasteiger partial charge in [0.05, 0.1) is 25.0 Å². The number of allylic oxidation sites excluding steroid dienone is 2. The van der Waals surface area contributed by atoms with Gasteiger partial charge in [-0.15, -0.1) is 0 Å². The highest BCUT2D eigenvalue weighted by atomic mass is 16.5. The lowest BCUT2D eigenvalue weighted by Gasteiger charge is -2.50. The van der Waals surface area contributed by atoms with Crippen molar-refractivity contribution in [2.45, 2.75) is 40.5 Å². The summed E-state index contributed by atoms with van der Waals surface area (Å²) in [7, 11) is 0. The second-order valence-corrected chi connectivity index (χ2v) is 6.56. The van der Waals surface area contributed by atoms with Gasteiger partial charge in [-0.05, 0) is 33.6 Å². The van der Waals surface area contributed by atoms with Crippen molar-refractivity contribution >= 4 is 17.7 Å². The summed E-state index contributed by atoms with van der Waals surface area (Å²) in [5.74, 6) is -2.30. The Kier molecular flexibility index (Phi) is 4.45. The first-order valence-electron chi connectivity index (χ1n) is 7.86. The van der Waals surface area contributed by atoms with E-state index in [-0.39, 0.29) is 19.0 Å². The molecular formula is C17H24O5. The first-order valence-corrected chi connectivity index (χ1v) is 7.86. The maximum atomic E-state index is 12.9. The maximum Gasteiger partial charge on any atom is 0.310 e. The van der Waals surface area contributed by atoms with Crippen molar-refractivity contribution in [3.63, 3.8) is 0 Å². The van der Waals surface area contributed by atoms with E-state index in [4.69, 9.17) is 9.47 Å². The number of ether oxygens (including phenoxy) is 2. The molecule has 5 nitrogen and oxygen atoms in total. The Balaban J connectivity index is 2.47. The fraction of sp³-hybridized carbons (Fsp3) is 0.706. The van der Waals surface area contributed by atoms with Gasteiger partial charge in [0.2, 0.25) is 0 Å². The maximum absolute atomic E-state index is 12.9. The zero-order valence-electron chi connectivity index (χ0n) is 13.7. The summed E-state index contributed by atoms with van der Waals surface area (Å²) >= 11 is 0. The van der Waals surface area contributed by atoms with Gasteiger partial charge in [0.1, 0.15) is 5.78 Å². The minimum absolute atomic E-state index is 0.0149. The third kappa shape index (κ3) is 2.46. The van der Waals surface area contributed by atoms with Crippen LogP contribution in [0.15, 0.2) is 12.2 Å². The molecule has 0 N–H and O–H groups in total. The zero-order valence-corrected chi connectivity index (χ0v) is 13.7. The molecule has 0 unspecified atom stereocenters. The SMILES string of the molecule is CCOC(=O)[C@H]1C[C@@]2(C)C=CC[C@](C)(C2=O)[C@H]1C(=O)OCC. The number of esters is 2. The molecule has 0 saturated heterocycles. The van der Waals surface area contributed by atoms with Crippen LogP contribution in [-0.2, 0) is 23.9 Å². The average molecular weight is 308 g/mol. The summed E-state index contributed by atoms with van der Waals surface area (Å²) in [6.45, 7) is 7.52. The molecule has 5 heteroatoms. The largest absolute Gasteiger partial charge is 0.466 e. The number of rotatable bonds is 4. The van der Waals surface area contributed by atoms with E-state index in [1.54, 1.807) is 20.8 Å². The molecule has 2 bridgehead atoms. The van der Waals surface area contributed by atoms with Gasteiger partial charge in [-0.2, -0.15) is 0 Å². The lowest BCUT2D eigenvalue weighted by molar-refractivity contribution is -0.177. The third-order valence-corrected chi connectivity index (χ3v) is 4.93. The zero-order chi connectivity index (χ0) is 16.5. The normalized spacial score (nSPS) is 36.8. The van der Waals surface area contributed by atoms with E-state index < -0.39 is 34.6 Å². The van der Waals surface area contributed by atoms with Crippen LogP contribution in [0.3, 0.4) is 0 Å². The second-order valence-electron chi connectivity index (χ2n) is 6.56. The quantitative estimate of drug-likeness (QED) is 0.588. The standard InChI is InChI=1S/C17H24O5/c1-5-21-13(18)11-10-16(3)8-7-9-17(4,15(16)20)12(11)14(19)22-6-2/h7-8,11-12H,5-6,9-10H2,1-4H3/t11-,12+,16+,17-/m0/s1. The highest BCUT2D eigenvalue weighted by molar-refractivity contribution is 6.00. The lowest BCUT2D eigenvalue weighted by Crippen LogP contribution is -2.58. The number of carbonyl (C=O) groups is 3. The van der Waals surface area contributed by atoms with Gasteiger partial charge in [0.15, 0.2) is 0 Å². The van der Waals surface area contributed by atoms with Crippen LogP contribution in [0.5, 0.6) is 0 Å². The Morgan fingerprint density at radius 1 is 1.18 bits per heavy atom. The van der Waals surface area contributed by atoms with Crippen molar-refractivity contribution in [2.75, 3.05) is 13.2 Å². The predicted molar refractivity (Wildman–Crippen MR) is 79.8 cm³/mol. The van der Waals surface area contributed by atoms with Crippen molar-refractivity contribution in [1.82, 2.24) is 0 Å². The lowest BCUT2D eigenvalue weighted by atomic mass is 9.50. The molecule has 0 aromatic rings. The molecule has 0 spiro atoms. The van der Waals surface area contributed by atoms with Crippen molar-refractivity contribution in [3.05, 3.63) is 12.2 Å². The summed E-state index contributed by atoms with van der Waals surface area (Å²) in [6, 6.07) is 0. The second kappa shape index (κ2) is 5.86. The van der Waals surface area contributed by atoms with Crippen LogP contribution >= 0.6 is 0 Å². The van der Waals surface area contributed by atoms with Crippen molar-refractivity contribution < 1.29 is 23.9 Å². The fourth-order valence-electron chi connectivity index (χ4n) is 3.96. The van der Waals surface area contributed by atoms with Crippen LogP contribution in [0.2, 0.25) is 0 Å². The molecule has 2 aliphatic carbocycles. The first kappa shape index (κ1) is 16.7. The van der Waals surface area contributed by atoms with Crippen LogP contribution in [0, 0.1) is 22.7 Å². The Labute approximate surface area is 131 Å². The van der Waals surface area contributed by atoms with E-state index in [0.717, 1.165) is 0 Å². The van der Waals surface area contributed by atoms with Crippen LogP contribution in [-0.4, -0.2) is 30.9 Å². The monoisotopic (exact) mass is 308 g/mol. The van der Waals surface area contributed by atoms with Gasteiger partial charge in [-0.1, -0.05) is 19.1 Å². The molecule has 0 amide bonds. The molecule has 0 aromatic carbocycles. The van der Waals surface area contributed by atoms with Crippen molar-refractivity contribution in [1.29, 1.82) is 0 Å². The minimum atomic E-state index is -0.911. The van der Waals surface area contributed by atoms with Gasteiger partial charge in [-0.3, -0.25) is 14.4 Å². The van der Waals surface area contributed by atoms with Gasteiger partial charge >= 0.3 is 11.9 Å². The molecule has 22 heavy (non-hydrogen) atoms. The summed E-state index contributed by atoms with van der Waals surface area (Å²) in [6.07, 6.45) is 4.54. The number of carbonyl (C=O) groups excluding carboxylic acids is 3. The third-order valence-electron chi connectivity index (χ3n) is 4.93. The average Bonchev–Trinajstić information content (AvgIpc) is 2.43. The minimum Gasteiger partial charge on any atom is -0.466 e. The summed E-state index contributed by atoms with van der Waals surface area (Å²) in [4.78, 5) is 37.7. The van der Waals surface area contributed by atoms with Crippen LogP contribution < -0.4 is 0 Å². The molecule has 1 fully saturated rings. The number of ketones is 1. The number of hydrogen-bond donors (Lipinski definition) is 0. The Morgan fingerprint density at radius 2 is 1.77 bits per heavy atom. The van der Waals surface area contributed by atoms with Gasteiger partial charge in [-0.25, -0.2) is 0 Å². The van der Waals surface area contributed by atoms with Crippen molar-refractivity contribution in [3.8, 4) is 0 Å². The number of hydrogen-bond acceptors (Lipinski definition) is 5. The highest BCUT2D eigenvalue weighted by Gasteiger charge is 2.62. The van der Waals surface area contributed by atoms with E-state index in [9.17, 15) is 14.4 Å². The molecule has 1 saturated carbocycles. The van der Waals surface area contributed by atoms with Crippen LogP contribution in [0.4, 0.5) is 0 Å². The topological polar surface area (TPSA) is 69.7 Å². The van der Waals surface area contributed by atoms with E-state index in [2.05, 4.69) is 0 Å². The van der Waals surface area contributed by atoms with Gasteiger partial charge in [0.25, 0.3) is 0 Å². The van der Waals surface area contributed by atoms with E-state index in [1.165, 1.54) is 0 Å². The molecular weight excluding hydrogens is 284 g/mol. The van der Waals surface area contributed by atoms with Crippen LogP contribution in [0.25, 0.3) is 0 Å². The van der Waals surface area contributed by atoms with E-state index in [1.807, 2.05) is 19.1 Å². The van der Waals surface area contributed by atoms with E-state index >= 15 is 0 Å². The Bertz CT molecular complexity index is 523. The van der Waals surface area contributed by atoms with Gasteiger partial charge in [0, 0.05) is 10.8 Å². The number of Topliss-reactive ketones (excluding diaryl/α,β-unsaturated/α-hetero) is 1. The predicted octanol–water partition coefficient (Wildman–Crippen LogP) is 2.29. The van der Waals surface area contributed by atoms with E-state index in [0.29, 0.717) is 12.8 Å². The molecule has 4 atom stereocenters. The van der Waals surface area contributed by atoms with Crippen LogP contribution in [0.1, 0.15) is 40.5 Å². The molecule has 2 rings (SSSR count). The molecule has 0 aromatic heterocycles. The fourth-order valence-corrected chi connectivity index (χ4v) is 3.96. The van der Waals surface area contributed by atoms with Crippen molar-refractivity contribution in [2.24, 2.45) is 22.7 Å². The summed E-state index contributed by atoms with van der Waals surface area (Å²) < 4.78 is 10.3. The smallest absolute Gasteiger partial charge is 0.310 e. The summed E-state index contributed by atoms with van der Waals surface area (Å²) in [5, 5.41) is 0. The molecule has 0 heterocycles. The Hall–Kier alpha value is -1.65. The number of fused-ring (bicyclic) bond motifs is 2.